The summed E-state index contributed by atoms with van der Waals surface area (Å²) < 4.78 is 0. The highest BCUT2D eigenvalue weighted by Crippen LogP contribution is 2.33. The average Bonchev–Trinajstić information content (AvgIpc) is 2.88. The van der Waals surface area contributed by atoms with Crippen LogP contribution in [0.25, 0.3) is 0 Å². The first-order chi connectivity index (χ1) is 9.26. The van der Waals surface area contributed by atoms with Crippen LogP contribution in [0.3, 0.4) is 0 Å². The van der Waals surface area contributed by atoms with Gasteiger partial charge in [0.2, 0.25) is 0 Å². The van der Waals surface area contributed by atoms with Gasteiger partial charge in [-0.1, -0.05) is 23.9 Å². The third-order valence-electron chi connectivity index (χ3n) is 3.55. The van der Waals surface area contributed by atoms with Crippen molar-refractivity contribution in [1.29, 1.82) is 5.26 Å². The van der Waals surface area contributed by atoms with Crippen LogP contribution >= 0.6 is 11.8 Å². The van der Waals surface area contributed by atoms with E-state index in [4.69, 9.17) is 0 Å². The molecule has 1 aliphatic carbocycles. The van der Waals surface area contributed by atoms with Crippen LogP contribution in [-0.4, -0.2) is 0 Å². The minimum atomic E-state index is 0.769. The monoisotopic (exact) mass is 265 g/mol. The lowest BCUT2D eigenvalue weighted by molar-refractivity contribution is 0.911. The van der Waals surface area contributed by atoms with Crippen LogP contribution in [-0.2, 0) is 12.8 Å². The van der Waals surface area contributed by atoms with Crippen LogP contribution < -0.4 is 0 Å². The first-order valence-electron chi connectivity index (χ1n) is 6.57. The lowest BCUT2D eigenvalue weighted by atomic mass is 10.1. The van der Waals surface area contributed by atoms with Crippen molar-refractivity contribution in [2.24, 2.45) is 0 Å². The number of nitriles is 1. The van der Waals surface area contributed by atoms with E-state index in [0.717, 1.165) is 16.0 Å². The van der Waals surface area contributed by atoms with Gasteiger partial charge in [0.15, 0.2) is 0 Å². The highest BCUT2D eigenvalue weighted by Gasteiger charge is 2.12. The zero-order valence-electron chi connectivity index (χ0n) is 10.9. The lowest BCUT2D eigenvalue weighted by Gasteiger charge is -2.07. The number of nitrogens with zero attached hydrogens (tertiary/aromatic N) is 1. The molecule has 0 unspecified atom stereocenters. The second-order valence-corrected chi connectivity index (χ2v) is 6.11. The molecule has 94 valence electrons. The van der Waals surface area contributed by atoms with Crippen molar-refractivity contribution in [2.75, 3.05) is 0 Å². The molecule has 19 heavy (non-hydrogen) atoms. The van der Waals surface area contributed by atoms with Crippen LogP contribution in [0.2, 0.25) is 0 Å². The fourth-order valence-electron chi connectivity index (χ4n) is 2.56. The summed E-state index contributed by atoms with van der Waals surface area (Å²) in [5, 5.41) is 9.21. The van der Waals surface area contributed by atoms with Crippen LogP contribution in [0.1, 0.15) is 28.7 Å². The summed E-state index contributed by atoms with van der Waals surface area (Å²) in [6.07, 6.45) is 3.69. The molecule has 0 heterocycles. The Morgan fingerprint density at radius 3 is 2.74 bits per heavy atom. The molecule has 0 amide bonds. The summed E-state index contributed by atoms with van der Waals surface area (Å²) in [6, 6.07) is 15.1. The maximum absolute atomic E-state index is 9.21. The molecule has 0 bridgehead atoms. The minimum Gasteiger partial charge on any atom is -0.192 e. The first-order valence-corrected chi connectivity index (χ1v) is 7.38. The zero-order chi connectivity index (χ0) is 13.2. The molecule has 1 nitrogen and oxygen atoms in total. The number of benzene rings is 2. The van der Waals surface area contributed by atoms with Gasteiger partial charge in [-0.05, 0) is 67.1 Å². The molecule has 3 rings (SSSR count). The van der Waals surface area contributed by atoms with E-state index in [2.05, 4.69) is 30.3 Å². The predicted octanol–water partition coefficient (Wildman–Crippen LogP) is 4.51. The zero-order valence-corrected chi connectivity index (χ0v) is 11.8. The number of fused-ring (bicyclic) bond motifs is 1. The van der Waals surface area contributed by atoms with E-state index in [-0.39, 0.29) is 0 Å². The molecule has 2 heteroatoms. The molecular weight excluding hydrogens is 250 g/mol. The van der Waals surface area contributed by atoms with Gasteiger partial charge in [-0.3, -0.25) is 0 Å². The first kappa shape index (κ1) is 12.3. The highest BCUT2D eigenvalue weighted by molar-refractivity contribution is 7.99. The second-order valence-electron chi connectivity index (χ2n) is 5.00. The van der Waals surface area contributed by atoms with Crippen molar-refractivity contribution in [1.82, 2.24) is 0 Å². The van der Waals surface area contributed by atoms with Gasteiger partial charge < -0.3 is 0 Å². The molecule has 0 radical (unpaired) electrons. The summed E-state index contributed by atoms with van der Waals surface area (Å²) in [5.74, 6) is 0. The average molecular weight is 265 g/mol. The van der Waals surface area contributed by atoms with Crippen molar-refractivity contribution >= 4 is 11.8 Å². The Morgan fingerprint density at radius 2 is 1.89 bits per heavy atom. The van der Waals surface area contributed by atoms with Gasteiger partial charge in [0.1, 0.15) is 6.07 Å². The predicted molar refractivity (Wildman–Crippen MR) is 78.5 cm³/mol. The van der Waals surface area contributed by atoms with E-state index in [1.807, 2.05) is 19.1 Å². The standard InChI is InChI=1S/C17H15NS/c1-12-5-8-17(15(9-12)11-18)19-16-7-6-13-3-2-4-14(13)10-16/h5-10H,2-4H2,1H3. The fourth-order valence-corrected chi connectivity index (χ4v) is 3.50. The minimum absolute atomic E-state index is 0.769. The summed E-state index contributed by atoms with van der Waals surface area (Å²) >= 11 is 1.69. The molecule has 0 fully saturated rings. The third kappa shape index (κ3) is 2.52. The van der Waals surface area contributed by atoms with Gasteiger partial charge in [0.05, 0.1) is 5.56 Å². The van der Waals surface area contributed by atoms with Crippen LogP contribution in [0.15, 0.2) is 46.2 Å². The van der Waals surface area contributed by atoms with Gasteiger partial charge in [0, 0.05) is 9.79 Å². The highest BCUT2D eigenvalue weighted by atomic mass is 32.2. The molecule has 0 atom stereocenters. The number of hydrogen-bond donors (Lipinski definition) is 0. The maximum atomic E-state index is 9.21. The fraction of sp³-hybridized carbons (Fsp3) is 0.235. The molecule has 1 aliphatic rings. The molecule has 0 spiro atoms. The molecule has 0 aliphatic heterocycles. The Labute approximate surface area is 118 Å². The van der Waals surface area contributed by atoms with Crippen molar-refractivity contribution in [2.45, 2.75) is 36.0 Å². The van der Waals surface area contributed by atoms with E-state index >= 15 is 0 Å². The molecule has 0 aromatic heterocycles. The topological polar surface area (TPSA) is 23.8 Å². The number of rotatable bonds is 2. The van der Waals surface area contributed by atoms with E-state index in [9.17, 15) is 5.26 Å². The van der Waals surface area contributed by atoms with Gasteiger partial charge in [0.25, 0.3) is 0 Å². The Bertz CT molecular complexity index is 667. The Kier molecular flexibility index (Phi) is 3.31. The summed E-state index contributed by atoms with van der Waals surface area (Å²) in [5.41, 5.74) is 4.88. The summed E-state index contributed by atoms with van der Waals surface area (Å²) in [6.45, 7) is 2.02. The van der Waals surface area contributed by atoms with Crippen molar-refractivity contribution in [3.05, 3.63) is 58.7 Å². The quantitative estimate of drug-likeness (QED) is 0.798. The molecule has 0 saturated carbocycles. The van der Waals surface area contributed by atoms with E-state index in [1.165, 1.54) is 35.3 Å². The third-order valence-corrected chi connectivity index (χ3v) is 4.62. The summed E-state index contributed by atoms with van der Waals surface area (Å²) in [7, 11) is 0. The number of hydrogen-bond acceptors (Lipinski definition) is 2. The van der Waals surface area contributed by atoms with Crippen molar-refractivity contribution in [3.63, 3.8) is 0 Å². The molecule has 2 aromatic rings. The Hall–Kier alpha value is -1.72. The van der Waals surface area contributed by atoms with Gasteiger partial charge in [-0.2, -0.15) is 5.26 Å². The largest absolute Gasteiger partial charge is 0.192 e. The Balaban J connectivity index is 1.92. The van der Waals surface area contributed by atoms with Crippen LogP contribution in [0.5, 0.6) is 0 Å². The normalized spacial score (nSPS) is 13.1. The molecular formula is C17H15NS. The maximum Gasteiger partial charge on any atom is 0.100 e. The smallest absolute Gasteiger partial charge is 0.100 e. The second kappa shape index (κ2) is 5.11. The lowest BCUT2D eigenvalue weighted by Crippen LogP contribution is -1.85. The molecule has 2 aromatic carbocycles. The van der Waals surface area contributed by atoms with Crippen LogP contribution in [0.4, 0.5) is 0 Å². The summed E-state index contributed by atoms with van der Waals surface area (Å²) in [4.78, 5) is 2.28. The number of aryl methyl sites for hydroxylation is 3. The van der Waals surface area contributed by atoms with Crippen molar-refractivity contribution in [3.8, 4) is 6.07 Å². The Morgan fingerprint density at radius 1 is 1.05 bits per heavy atom. The van der Waals surface area contributed by atoms with E-state index in [1.54, 1.807) is 11.8 Å². The SMILES string of the molecule is Cc1ccc(Sc2ccc3c(c2)CCC3)c(C#N)c1. The van der Waals surface area contributed by atoms with Gasteiger partial charge in [-0.15, -0.1) is 0 Å². The van der Waals surface area contributed by atoms with Crippen LogP contribution in [0, 0.1) is 18.3 Å². The molecule has 0 saturated heterocycles. The van der Waals surface area contributed by atoms with E-state index in [0.29, 0.717) is 0 Å². The van der Waals surface area contributed by atoms with Crippen molar-refractivity contribution < 1.29 is 0 Å². The van der Waals surface area contributed by atoms with Gasteiger partial charge in [-0.25, -0.2) is 0 Å². The molecule has 0 N–H and O–H groups in total. The van der Waals surface area contributed by atoms with E-state index < -0.39 is 0 Å². The van der Waals surface area contributed by atoms with Gasteiger partial charge >= 0.3 is 0 Å².